The molecule has 1 saturated heterocycles. The fourth-order valence-electron chi connectivity index (χ4n) is 6.03. The fourth-order valence-corrected chi connectivity index (χ4v) is 6.03. The highest BCUT2D eigenvalue weighted by Gasteiger charge is 2.54. The van der Waals surface area contributed by atoms with Crippen LogP contribution in [-0.4, -0.2) is 70.2 Å². The van der Waals surface area contributed by atoms with Crippen LogP contribution < -0.4 is 15.5 Å². The molecule has 3 atom stereocenters. The number of hydrogen-bond acceptors (Lipinski definition) is 6. The van der Waals surface area contributed by atoms with Crippen molar-refractivity contribution < 1.29 is 9.59 Å². The Morgan fingerprint density at radius 3 is 2.47 bits per heavy atom. The number of pyridine rings is 1. The van der Waals surface area contributed by atoms with Gasteiger partial charge in [-0.2, -0.15) is 5.10 Å². The monoisotopic (exact) mass is 493 g/mol. The highest BCUT2D eigenvalue weighted by atomic mass is 16.2. The highest BCUT2D eigenvalue weighted by Crippen LogP contribution is 2.58. The Morgan fingerprint density at radius 2 is 1.92 bits per heavy atom. The summed E-state index contributed by atoms with van der Waals surface area (Å²) in [4.78, 5) is 36.2. The first-order valence-electron chi connectivity index (χ1n) is 13.3. The molecule has 2 aromatic rings. The summed E-state index contributed by atoms with van der Waals surface area (Å²) in [5.74, 6) is 1.06. The van der Waals surface area contributed by atoms with E-state index in [4.69, 9.17) is 0 Å². The first-order valence-corrected chi connectivity index (χ1v) is 13.3. The Morgan fingerprint density at radius 1 is 1.14 bits per heavy atom. The van der Waals surface area contributed by atoms with Crippen molar-refractivity contribution in [1.29, 1.82) is 0 Å². The lowest BCUT2D eigenvalue weighted by atomic mass is 9.66. The van der Waals surface area contributed by atoms with E-state index in [0.717, 1.165) is 51.1 Å². The number of hydrogen-bond donors (Lipinski definition) is 2. The maximum atomic E-state index is 13.7. The predicted molar refractivity (Wildman–Crippen MR) is 140 cm³/mol. The molecule has 1 aliphatic heterocycles. The Balaban J connectivity index is 1.34. The van der Waals surface area contributed by atoms with Gasteiger partial charge in [0.1, 0.15) is 17.6 Å². The van der Waals surface area contributed by atoms with Crippen LogP contribution in [0.5, 0.6) is 0 Å². The predicted octanol–water partition coefficient (Wildman–Crippen LogP) is 2.91. The third-order valence-electron chi connectivity index (χ3n) is 8.62. The van der Waals surface area contributed by atoms with E-state index in [1.54, 1.807) is 30.2 Å². The number of aromatic nitrogens is 3. The molecule has 0 aromatic carbocycles. The lowest BCUT2D eigenvalue weighted by Gasteiger charge is -2.42. The molecule has 2 amide bonds. The molecule has 0 bridgehead atoms. The molecule has 0 spiro atoms. The molecule has 2 N–H and O–H groups in total. The molecular weight excluding hydrogens is 454 g/mol. The molecule has 36 heavy (non-hydrogen) atoms. The van der Waals surface area contributed by atoms with E-state index >= 15 is 0 Å². The Bertz CT molecular complexity index is 1090. The van der Waals surface area contributed by atoms with Gasteiger partial charge in [-0.1, -0.05) is 26.2 Å². The number of aryl methyl sites for hydroxylation is 1. The number of amides is 2. The zero-order valence-electron chi connectivity index (χ0n) is 21.9. The van der Waals surface area contributed by atoms with Gasteiger partial charge in [0.2, 0.25) is 5.91 Å². The molecule has 2 unspecified atom stereocenters. The summed E-state index contributed by atoms with van der Waals surface area (Å²) >= 11 is 0. The first kappa shape index (κ1) is 24.7. The average Bonchev–Trinajstić information content (AvgIpc) is 3.40. The maximum Gasteiger partial charge on any atom is 0.270 e. The molecule has 0 radical (unpaired) electrons. The SMILES string of the molecule is CC1CN(C)CCN1c1ccc(NC(=O)[C@@H](NC(=O)c2ccnn2C)C(C2CCC2)C2(C)CC2)cn1. The summed E-state index contributed by atoms with van der Waals surface area (Å²) in [6.45, 7) is 7.41. The Labute approximate surface area is 213 Å². The van der Waals surface area contributed by atoms with E-state index < -0.39 is 6.04 Å². The molecule has 2 saturated carbocycles. The van der Waals surface area contributed by atoms with Gasteiger partial charge in [0.15, 0.2) is 0 Å². The van der Waals surface area contributed by atoms with Crippen LogP contribution in [-0.2, 0) is 11.8 Å². The molecule has 5 rings (SSSR count). The van der Waals surface area contributed by atoms with Gasteiger partial charge >= 0.3 is 0 Å². The molecule has 9 nitrogen and oxygen atoms in total. The quantitative estimate of drug-likeness (QED) is 0.587. The third-order valence-corrected chi connectivity index (χ3v) is 8.62. The van der Waals surface area contributed by atoms with Crippen molar-refractivity contribution in [2.45, 2.75) is 58.0 Å². The van der Waals surface area contributed by atoms with Crippen LogP contribution >= 0.6 is 0 Å². The van der Waals surface area contributed by atoms with E-state index in [1.165, 1.54) is 6.42 Å². The van der Waals surface area contributed by atoms with Crippen LogP contribution in [0.25, 0.3) is 0 Å². The second-order valence-electron chi connectivity index (χ2n) is 11.4. The van der Waals surface area contributed by atoms with Gasteiger partial charge in [-0.25, -0.2) is 4.98 Å². The summed E-state index contributed by atoms with van der Waals surface area (Å²) in [7, 11) is 3.88. The number of anilines is 2. The summed E-state index contributed by atoms with van der Waals surface area (Å²) in [5, 5.41) is 10.3. The molecule has 9 heteroatoms. The van der Waals surface area contributed by atoms with Gasteiger partial charge in [-0.3, -0.25) is 14.3 Å². The Hall–Kier alpha value is -2.94. The maximum absolute atomic E-state index is 13.7. The van der Waals surface area contributed by atoms with Crippen LogP contribution in [0.15, 0.2) is 30.6 Å². The van der Waals surface area contributed by atoms with Crippen LogP contribution in [0.3, 0.4) is 0 Å². The van der Waals surface area contributed by atoms with E-state index in [0.29, 0.717) is 23.3 Å². The minimum atomic E-state index is -0.609. The first-order chi connectivity index (χ1) is 17.2. The van der Waals surface area contributed by atoms with Crippen molar-refractivity contribution in [3.05, 3.63) is 36.3 Å². The number of carbonyl (C=O) groups excluding carboxylic acids is 2. The zero-order chi connectivity index (χ0) is 25.4. The van der Waals surface area contributed by atoms with Gasteiger partial charge in [-0.05, 0) is 62.3 Å². The van der Waals surface area contributed by atoms with Crippen LogP contribution in [0.1, 0.15) is 56.4 Å². The number of nitrogens with zero attached hydrogens (tertiary/aromatic N) is 5. The van der Waals surface area contributed by atoms with Crippen molar-refractivity contribution in [2.24, 2.45) is 24.3 Å². The lowest BCUT2D eigenvalue weighted by Crippen LogP contribution is -2.54. The number of rotatable bonds is 8. The van der Waals surface area contributed by atoms with E-state index in [9.17, 15) is 9.59 Å². The molecule has 2 aliphatic carbocycles. The minimum absolute atomic E-state index is 0.0898. The van der Waals surface area contributed by atoms with Crippen LogP contribution in [0.4, 0.5) is 11.5 Å². The minimum Gasteiger partial charge on any atom is -0.351 e. The second-order valence-corrected chi connectivity index (χ2v) is 11.4. The van der Waals surface area contributed by atoms with Gasteiger partial charge < -0.3 is 20.4 Å². The number of likely N-dealkylation sites (N-methyl/N-ethyl adjacent to an activating group) is 1. The molecule has 3 aliphatic rings. The van der Waals surface area contributed by atoms with Crippen molar-refractivity contribution in [3.8, 4) is 0 Å². The Kier molecular flexibility index (Phi) is 6.76. The molecule has 2 aromatic heterocycles. The number of piperazine rings is 1. The topological polar surface area (TPSA) is 95.4 Å². The van der Waals surface area contributed by atoms with E-state index in [-0.39, 0.29) is 23.1 Å². The van der Waals surface area contributed by atoms with E-state index in [1.807, 2.05) is 12.1 Å². The van der Waals surface area contributed by atoms with Gasteiger partial charge in [0.25, 0.3) is 5.91 Å². The van der Waals surface area contributed by atoms with Crippen molar-refractivity contribution in [2.75, 3.05) is 36.9 Å². The van der Waals surface area contributed by atoms with Crippen molar-refractivity contribution in [3.63, 3.8) is 0 Å². The van der Waals surface area contributed by atoms with E-state index in [2.05, 4.69) is 51.4 Å². The van der Waals surface area contributed by atoms with Crippen LogP contribution in [0.2, 0.25) is 0 Å². The van der Waals surface area contributed by atoms with Gasteiger partial charge in [0.05, 0.1) is 11.9 Å². The lowest BCUT2D eigenvalue weighted by molar-refractivity contribution is -0.121. The molecular formula is C27H39N7O2. The standard InChI is InChI=1S/C27H39N7O2/c1-18-17-32(3)14-15-34(18)22-9-8-20(16-28-22)30-26(36)24(31-25(35)21-10-13-29-33(21)4)23(19-6-5-7-19)27(2)11-12-27/h8-10,13,16,18-19,23-24H,5-7,11-12,14-15,17H2,1-4H3,(H,30,36)(H,31,35)/t18?,23?,24-/m0/s1. The van der Waals surface area contributed by atoms with Gasteiger partial charge in [0, 0.05) is 38.9 Å². The normalized spacial score (nSPS) is 23.4. The fraction of sp³-hybridized carbons (Fsp3) is 0.630. The highest BCUT2D eigenvalue weighted by molar-refractivity contribution is 6.00. The molecule has 3 heterocycles. The second kappa shape index (κ2) is 9.84. The third kappa shape index (κ3) is 4.98. The number of carbonyl (C=O) groups is 2. The largest absolute Gasteiger partial charge is 0.351 e. The smallest absolute Gasteiger partial charge is 0.270 e. The van der Waals surface area contributed by atoms with Crippen molar-refractivity contribution >= 4 is 23.3 Å². The summed E-state index contributed by atoms with van der Waals surface area (Å²) in [5.41, 5.74) is 1.19. The molecule has 3 fully saturated rings. The van der Waals surface area contributed by atoms with Crippen molar-refractivity contribution in [1.82, 2.24) is 25.0 Å². The summed E-state index contributed by atoms with van der Waals surface area (Å²) < 4.78 is 1.55. The average molecular weight is 494 g/mol. The number of nitrogens with one attached hydrogen (secondary N) is 2. The summed E-state index contributed by atoms with van der Waals surface area (Å²) in [6.07, 6.45) is 8.95. The van der Waals surface area contributed by atoms with Gasteiger partial charge in [-0.15, -0.1) is 0 Å². The molecule has 194 valence electrons. The summed E-state index contributed by atoms with van der Waals surface area (Å²) in [6, 6.07) is 5.35. The zero-order valence-corrected chi connectivity index (χ0v) is 21.9. The van der Waals surface area contributed by atoms with Crippen LogP contribution in [0, 0.1) is 17.3 Å².